The third-order valence-corrected chi connectivity index (χ3v) is 8.94. The minimum Gasteiger partial charge on any atom is -0.296 e. The Morgan fingerprint density at radius 3 is 1.51 bits per heavy atom. The van der Waals surface area contributed by atoms with Gasteiger partial charge in [-0.1, -0.05) is 135 Å². The Bertz CT molecular complexity index is 2270. The van der Waals surface area contributed by atoms with Crippen LogP contribution in [0.15, 0.2) is 133 Å². The number of nitrogens with zero attached hydrogens (tertiary/aromatic N) is 5. The Morgan fingerprint density at radius 2 is 0.936 bits per heavy atom. The lowest BCUT2D eigenvalue weighted by atomic mass is 10.00. The smallest absolute Gasteiger partial charge is 0.164 e. The summed E-state index contributed by atoms with van der Waals surface area (Å²) in [5.74, 6) is 3.07. The van der Waals surface area contributed by atoms with Crippen LogP contribution in [0.1, 0.15) is 38.4 Å². The van der Waals surface area contributed by atoms with Crippen LogP contribution in [0.25, 0.3) is 72.4 Å². The minimum absolute atomic E-state index is 0.649. The Hall–Kier alpha value is -5.68. The SMILES string of the molecule is CCCCCCc1nc2c3ccccc3c3ccccc3c2n1-c1ccc(-c2nc(-c3ccccc3)nc(-c3ccccc3)n2)cc1. The number of hydrogen-bond donors (Lipinski definition) is 0. The van der Waals surface area contributed by atoms with Crippen molar-refractivity contribution in [1.29, 1.82) is 0 Å². The molecule has 8 rings (SSSR count). The Balaban J connectivity index is 1.28. The van der Waals surface area contributed by atoms with Crippen LogP contribution in [0.5, 0.6) is 0 Å². The number of hydrogen-bond acceptors (Lipinski definition) is 4. The highest BCUT2D eigenvalue weighted by atomic mass is 15.1. The molecular formula is C42H35N5. The van der Waals surface area contributed by atoms with Crippen LogP contribution >= 0.6 is 0 Å². The van der Waals surface area contributed by atoms with Crippen LogP contribution in [0.2, 0.25) is 0 Å². The van der Waals surface area contributed by atoms with Gasteiger partial charge in [-0.05, 0) is 41.5 Å². The molecule has 2 aromatic heterocycles. The van der Waals surface area contributed by atoms with E-state index in [1.807, 2.05) is 60.7 Å². The largest absolute Gasteiger partial charge is 0.296 e. The number of unbranched alkanes of at least 4 members (excludes halogenated alkanes) is 3. The molecule has 0 saturated heterocycles. The molecule has 0 unspecified atom stereocenters. The number of aryl methyl sites for hydroxylation is 1. The van der Waals surface area contributed by atoms with Crippen LogP contribution in [0.4, 0.5) is 0 Å². The molecule has 0 atom stereocenters. The summed E-state index contributed by atoms with van der Waals surface area (Å²) < 4.78 is 2.39. The first kappa shape index (κ1) is 28.8. The highest BCUT2D eigenvalue weighted by molar-refractivity contribution is 6.23. The maximum absolute atomic E-state index is 5.37. The van der Waals surface area contributed by atoms with E-state index in [-0.39, 0.29) is 0 Å². The summed E-state index contributed by atoms with van der Waals surface area (Å²) in [6.45, 7) is 2.26. The molecule has 0 radical (unpaired) electrons. The lowest BCUT2D eigenvalue weighted by Crippen LogP contribution is -2.03. The van der Waals surface area contributed by atoms with E-state index < -0.39 is 0 Å². The summed E-state index contributed by atoms with van der Waals surface area (Å²) in [6.07, 6.45) is 5.69. The van der Waals surface area contributed by atoms with Crippen molar-refractivity contribution in [2.75, 3.05) is 0 Å². The van der Waals surface area contributed by atoms with Crippen LogP contribution in [-0.4, -0.2) is 24.5 Å². The quantitative estimate of drug-likeness (QED) is 0.121. The van der Waals surface area contributed by atoms with E-state index >= 15 is 0 Å². The van der Waals surface area contributed by atoms with Crippen molar-refractivity contribution in [3.8, 4) is 39.9 Å². The molecule has 0 saturated carbocycles. The van der Waals surface area contributed by atoms with Crippen molar-refractivity contribution in [2.24, 2.45) is 0 Å². The Kier molecular flexibility index (Phi) is 7.72. The van der Waals surface area contributed by atoms with Gasteiger partial charge in [0.1, 0.15) is 5.82 Å². The summed E-state index contributed by atoms with van der Waals surface area (Å²) in [5, 5.41) is 4.90. The molecule has 8 aromatic rings. The van der Waals surface area contributed by atoms with Gasteiger partial charge in [-0.25, -0.2) is 19.9 Å². The zero-order chi connectivity index (χ0) is 31.6. The van der Waals surface area contributed by atoms with Gasteiger partial charge in [0.25, 0.3) is 0 Å². The van der Waals surface area contributed by atoms with Crippen molar-refractivity contribution < 1.29 is 0 Å². The van der Waals surface area contributed by atoms with E-state index in [1.165, 1.54) is 40.8 Å². The highest BCUT2D eigenvalue weighted by Crippen LogP contribution is 2.37. The van der Waals surface area contributed by atoms with E-state index in [0.717, 1.165) is 52.1 Å². The number of benzene rings is 6. The second-order valence-electron chi connectivity index (χ2n) is 12.0. The van der Waals surface area contributed by atoms with Crippen LogP contribution in [-0.2, 0) is 6.42 Å². The molecule has 0 amide bonds. The summed E-state index contributed by atoms with van der Waals surface area (Å²) >= 11 is 0. The fourth-order valence-corrected chi connectivity index (χ4v) is 6.60. The molecule has 5 heteroatoms. The van der Waals surface area contributed by atoms with E-state index in [1.54, 1.807) is 0 Å². The van der Waals surface area contributed by atoms with Gasteiger partial charge in [-0.15, -0.1) is 0 Å². The lowest BCUT2D eigenvalue weighted by molar-refractivity contribution is 0.649. The maximum Gasteiger partial charge on any atom is 0.164 e. The second kappa shape index (κ2) is 12.6. The van der Waals surface area contributed by atoms with E-state index in [4.69, 9.17) is 19.9 Å². The van der Waals surface area contributed by atoms with Gasteiger partial charge in [0, 0.05) is 39.6 Å². The van der Waals surface area contributed by atoms with E-state index in [0.29, 0.717) is 17.5 Å². The monoisotopic (exact) mass is 609 g/mol. The molecule has 47 heavy (non-hydrogen) atoms. The van der Waals surface area contributed by atoms with E-state index in [9.17, 15) is 0 Å². The molecule has 6 aromatic carbocycles. The van der Waals surface area contributed by atoms with Gasteiger partial charge >= 0.3 is 0 Å². The molecule has 228 valence electrons. The molecule has 0 spiro atoms. The van der Waals surface area contributed by atoms with Crippen molar-refractivity contribution in [3.05, 3.63) is 139 Å². The van der Waals surface area contributed by atoms with Crippen molar-refractivity contribution in [3.63, 3.8) is 0 Å². The maximum atomic E-state index is 5.37. The highest BCUT2D eigenvalue weighted by Gasteiger charge is 2.19. The minimum atomic E-state index is 0.649. The number of imidazole rings is 1. The molecule has 5 nitrogen and oxygen atoms in total. The van der Waals surface area contributed by atoms with Crippen LogP contribution in [0, 0.1) is 0 Å². The van der Waals surface area contributed by atoms with Crippen molar-refractivity contribution in [2.45, 2.75) is 39.0 Å². The van der Waals surface area contributed by atoms with Crippen molar-refractivity contribution in [1.82, 2.24) is 24.5 Å². The molecule has 0 aliphatic heterocycles. The van der Waals surface area contributed by atoms with Crippen molar-refractivity contribution >= 4 is 32.6 Å². The third kappa shape index (κ3) is 5.44. The first-order valence-electron chi connectivity index (χ1n) is 16.6. The Morgan fingerprint density at radius 1 is 0.447 bits per heavy atom. The predicted octanol–water partition coefficient (Wildman–Crippen LogP) is 10.6. The fourth-order valence-electron chi connectivity index (χ4n) is 6.60. The lowest BCUT2D eigenvalue weighted by Gasteiger charge is -2.13. The average Bonchev–Trinajstić information content (AvgIpc) is 3.54. The summed E-state index contributed by atoms with van der Waals surface area (Å²) in [4.78, 5) is 20.1. The number of rotatable bonds is 9. The molecule has 2 heterocycles. The van der Waals surface area contributed by atoms with Gasteiger partial charge in [0.05, 0.1) is 11.0 Å². The first-order chi connectivity index (χ1) is 23.3. The van der Waals surface area contributed by atoms with E-state index in [2.05, 4.69) is 84.3 Å². The van der Waals surface area contributed by atoms with Gasteiger partial charge in [-0.3, -0.25) is 4.57 Å². The second-order valence-corrected chi connectivity index (χ2v) is 12.0. The Labute approximate surface area is 274 Å². The molecule has 0 aliphatic rings. The van der Waals surface area contributed by atoms with Crippen LogP contribution < -0.4 is 0 Å². The fraction of sp³-hybridized carbons (Fsp3) is 0.143. The number of aromatic nitrogens is 5. The summed E-state index contributed by atoms with van der Waals surface area (Å²) in [5.41, 5.74) is 6.17. The predicted molar refractivity (Wildman–Crippen MR) is 194 cm³/mol. The summed E-state index contributed by atoms with van der Waals surface area (Å²) in [6, 6.07) is 46.2. The van der Waals surface area contributed by atoms with Gasteiger partial charge < -0.3 is 0 Å². The average molecular weight is 610 g/mol. The molecule has 0 bridgehead atoms. The summed E-state index contributed by atoms with van der Waals surface area (Å²) in [7, 11) is 0. The standard InChI is InChI=1S/C42H35N5/c1-2-3-4-11-24-37-43-38-35-22-14-12-20-33(35)34-21-13-15-23-36(34)39(38)47(37)32-27-25-31(26-28-32)42-45-40(29-16-7-5-8-17-29)44-41(46-42)30-18-9-6-10-19-30/h5-10,12-23,25-28H,2-4,11,24H2,1H3. The zero-order valence-electron chi connectivity index (χ0n) is 26.5. The van der Waals surface area contributed by atoms with Gasteiger partial charge in [0.2, 0.25) is 0 Å². The van der Waals surface area contributed by atoms with Gasteiger partial charge in [0.15, 0.2) is 17.5 Å². The zero-order valence-corrected chi connectivity index (χ0v) is 26.5. The molecule has 0 fully saturated rings. The molecule has 0 N–H and O–H groups in total. The third-order valence-electron chi connectivity index (χ3n) is 8.94. The molecule has 0 aliphatic carbocycles. The number of fused-ring (bicyclic) bond motifs is 6. The first-order valence-corrected chi connectivity index (χ1v) is 16.6. The van der Waals surface area contributed by atoms with Crippen LogP contribution in [0.3, 0.4) is 0 Å². The molecular weight excluding hydrogens is 574 g/mol. The topological polar surface area (TPSA) is 56.5 Å². The normalized spacial score (nSPS) is 11.5. The van der Waals surface area contributed by atoms with Gasteiger partial charge in [-0.2, -0.15) is 0 Å².